The number of benzene rings is 1. The van der Waals surface area contributed by atoms with E-state index in [4.69, 9.17) is 16.7 Å². The van der Waals surface area contributed by atoms with Crippen molar-refractivity contribution in [2.24, 2.45) is 0 Å². The number of halogens is 1. The van der Waals surface area contributed by atoms with Crippen molar-refractivity contribution in [3.8, 4) is 5.69 Å². The van der Waals surface area contributed by atoms with Gasteiger partial charge in [0.1, 0.15) is 0 Å². The van der Waals surface area contributed by atoms with Gasteiger partial charge in [0.05, 0.1) is 17.8 Å². The molecule has 5 nitrogen and oxygen atoms in total. The molecule has 0 aliphatic heterocycles. The molecule has 0 saturated heterocycles. The number of aryl methyl sites for hydroxylation is 1. The number of rotatable bonds is 3. The SMILES string of the molecule is Cc1cccc(-n2nnc(Cl)c2CC(=O)O)c1. The van der Waals surface area contributed by atoms with E-state index in [2.05, 4.69) is 10.3 Å². The summed E-state index contributed by atoms with van der Waals surface area (Å²) in [5.74, 6) is -0.969. The Balaban J connectivity index is 2.48. The largest absolute Gasteiger partial charge is 0.481 e. The lowest BCUT2D eigenvalue weighted by molar-refractivity contribution is -0.136. The van der Waals surface area contributed by atoms with E-state index in [9.17, 15) is 4.79 Å². The summed E-state index contributed by atoms with van der Waals surface area (Å²) in [6.45, 7) is 1.94. The third-order valence-electron chi connectivity index (χ3n) is 2.28. The van der Waals surface area contributed by atoms with Gasteiger partial charge in [-0.3, -0.25) is 4.79 Å². The molecule has 17 heavy (non-hydrogen) atoms. The summed E-state index contributed by atoms with van der Waals surface area (Å²) in [5.41, 5.74) is 2.18. The van der Waals surface area contributed by atoms with Crippen LogP contribution >= 0.6 is 11.6 Å². The van der Waals surface area contributed by atoms with Gasteiger partial charge in [0, 0.05) is 0 Å². The molecule has 2 rings (SSSR count). The zero-order chi connectivity index (χ0) is 12.4. The third kappa shape index (κ3) is 2.45. The maximum atomic E-state index is 10.7. The summed E-state index contributed by atoms with van der Waals surface area (Å²) in [6, 6.07) is 7.52. The van der Waals surface area contributed by atoms with Crippen LogP contribution in [0.2, 0.25) is 5.15 Å². The molecule has 0 aliphatic carbocycles. The lowest BCUT2D eigenvalue weighted by Gasteiger charge is -2.05. The number of hydrogen-bond acceptors (Lipinski definition) is 3. The van der Waals surface area contributed by atoms with Crippen LogP contribution in [0.5, 0.6) is 0 Å². The van der Waals surface area contributed by atoms with Crippen molar-refractivity contribution in [1.82, 2.24) is 15.0 Å². The first kappa shape index (κ1) is 11.6. The lowest BCUT2D eigenvalue weighted by atomic mass is 10.2. The van der Waals surface area contributed by atoms with Gasteiger partial charge < -0.3 is 5.11 Å². The molecule has 0 radical (unpaired) electrons. The Hall–Kier alpha value is -1.88. The maximum absolute atomic E-state index is 10.7. The standard InChI is InChI=1S/C11H10ClN3O2/c1-7-3-2-4-8(5-7)15-9(6-10(16)17)11(12)13-14-15/h2-5H,6H2,1H3,(H,16,17). The average molecular weight is 252 g/mol. The molecule has 1 aromatic heterocycles. The first-order valence-corrected chi connectivity index (χ1v) is 5.34. The predicted octanol–water partition coefficient (Wildman–Crippen LogP) is 1.86. The molecule has 0 atom stereocenters. The Kier molecular flexibility index (Phi) is 3.10. The van der Waals surface area contributed by atoms with Gasteiger partial charge in [-0.2, -0.15) is 0 Å². The van der Waals surface area contributed by atoms with Gasteiger partial charge >= 0.3 is 5.97 Å². The number of hydrogen-bond donors (Lipinski definition) is 1. The molecule has 88 valence electrons. The Morgan fingerprint density at radius 1 is 1.53 bits per heavy atom. The molecule has 0 spiro atoms. The summed E-state index contributed by atoms with van der Waals surface area (Å²) < 4.78 is 1.45. The van der Waals surface area contributed by atoms with Crippen molar-refractivity contribution in [3.05, 3.63) is 40.7 Å². The van der Waals surface area contributed by atoms with Crippen LogP contribution in [-0.4, -0.2) is 26.1 Å². The van der Waals surface area contributed by atoms with Crippen LogP contribution in [0.25, 0.3) is 5.69 Å². The molecule has 0 fully saturated rings. The van der Waals surface area contributed by atoms with Crippen LogP contribution < -0.4 is 0 Å². The monoisotopic (exact) mass is 251 g/mol. The van der Waals surface area contributed by atoms with E-state index in [1.807, 2.05) is 31.2 Å². The van der Waals surface area contributed by atoms with Gasteiger partial charge in [0.15, 0.2) is 5.15 Å². The number of carboxylic acid groups (broad SMARTS) is 1. The summed E-state index contributed by atoms with van der Waals surface area (Å²) in [5, 5.41) is 16.5. The number of aliphatic carboxylic acids is 1. The number of carboxylic acids is 1. The van der Waals surface area contributed by atoms with Crippen molar-refractivity contribution in [3.63, 3.8) is 0 Å². The second kappa shape index (κ2) is 4.55. The molecular formula is C11H10ClN3O2. The van der Waals surface area contributed by atoms with E-state index >= 15 is 0 Å². The van der Waals surface area contributed by atoms with E-state index in [0.717, 1.165) is 11.3 Å². The molecule has 1 heterocycles. The molecule has 0 bridgehead atoms. The van der Waals surface area contributed by atoms with Crippen LogP contribution in [0.15, 0.2) is 24.3 Å². The molecule has 1 aromatic carbocycles. The van der Waals surface area contributed by atoms with Gasteiger partial charge in [-0.25, -0.2) is 4.68 Å². The average Bonchev–Trinajstić information content (AvgIpc) is 2.60. The van der Waals surface area contributed by atoms with Crippen molar-refractivity contribution >= 4 is 17.6 Å². The highest BCUT2D eigenvalue weighted by Crippen LogP contribution is 2.18. The molecule has 0 unspecified atom stereocenters. The van der Waals surface area contributed by atoms with E-state index < -0.39 is 5.97 Å². The molecule has 2 aromatic rings. The normalized spacial score (nSPS) is 10.5. The molecule has 0 aliphatic rings. The molecule has 0 amide bonds. The topological polar surface area (TPSA) is 68.0 Å². The third-order valence-corrected chi connectivity index (χ3v) is 2.57. The number of carbonyl (C=O) groups is 1. The fourth-order valence-electron chi connectivity index (χ4n) is 1.54. The fourth-order valence-corrected chi connectivity index (χ4v) is 1.72. The summed E-state index contributed by atoms with van der Waals surface area (Å²) >= 11 is 5.82. The van der Waals surface area contributed by atoms with Crippen LogP contribution in [0.4, 0.5) is 0 Å². The highest BCUT2D eigenvalue weighted by Gasteiger charge is 2.15. The lowest BCUT2D eigenvalue weighted by Crippen LogP contribution is -2.08. The van der Waals surface area contributed by atoms with E-state index in [1.54, 1.807) is 0 Å². The molecular weight excluding hydrogens is 242 g/mol. The Morgan fingerprint density at radius 3 is 2.94 bits per heavy atom. The zero-order valence-corrected chi connectivity index (χ0v) is 9.85. The Labute approximate surface area is 103 Å². The number of aromatic nitrogens is 3. The van der Waals surface area contributed by atoms with Crippen LogP contribution in [0.1, 0.15) is 11.3 Å². The summed E-state index contributed by atoms with van der Waals surface area (Å²) in [6.07, 6.45) is -0.209. The first-order chi connectivity index (χ1) is 8.08. The molecule has 1 N–H and O–H groups in total. The van der Waals surface area contributed by atoms with Gasteiger partial charge in [0.25, 0.3) is 0 Å². The Morgan fingerprint density at radius 2 is 2.29 bits per heavy atom. The molecule has 6 heteroatoms. The fraction of sp³-hybridized carbons (Fsp3) is 0.182. The zero-order valence-electron chi connectivity index (χ0n) is 9.09. The maximum Gasteiger partial charge on any atom is 0.309 e. The summed E-state index contributed by atoms with van der Waals surface area (Å²) in [4.78, 5) is 10.7. The molecule has 0 saturated carbocycles. The van der Waals surface area contributed by atoms with Gasteiger partial charge in [0.2, 0.25) is 0 Å². The van der Waals surface area contributed by atoms with Crippen molar-refractivity contribution in [1.29, 1.82) is 0 Å². The van der Waals surface area contributed by atoms with Gasteiger partial charge in [-0.1, -0.05) is 28.9 Å². The minimum atomic E-state index is -0.969. The smallest absolute Gasteiger partial charge is 0.309 e. The van der Waals surface area contributed by atoms with Crippen LogP contribution in [-0.2, 0) is 11.2 Å². The van der Waals surface area contributed by atoms with Gasteiger partial charge in [-0.05, 0) is 24.6 Å². The highest BCUT2D eigenvalue weighted by atomic mass is 35.5. The van der Waals surface area contributed by atoms with Crippen LogP contribution in [0, 0.1) is 6.92 Å². The van der Waals surface area contributed by atoms with Crippen LogP contribution in [0.3, 0.4) is 0 Å². The second-order valence-electron chi connectivity index (χ2n) is 3.65. The van der Waals surface area contributed by atoms with Gasteiger partial charge in [-0.15, -0.1) is 5.10 Å². The second-order valence-corrected chi connectivity index (χ2v) is 4.01. The predicted molar refractivity (Wildman–Crippen MR) is 62.4 cm³/mol. The quantitative estimate of drug-likeness (QED) is 0.904. The van der Waals surface area contributed by atoms with Crippen molar-refractivity contribution < 1.29 is 9.90 Å². The highest BCUT2D eigenvalue weighted by molar-refractivity contribution is 6.30. The minimum Gasteiger partial charge on any atom is -0.481 e. The number of nitrogens with zero attached hydrogens (tertiary/aromatic N) is 3. The van der Waals surface area contributed by atoms with Crippen molar-refractivity contribution in [2.75, 3.05) is 0 Å². The Bertz CT molecular complexity index is 566. The van der Waals surface area contributed by atoms with E-state index in [1.165, 1.54) is 4.68 Å². The van der Waals surface area contributed by atoms with E-state index in [-0.39, 0.29) is 11.6 Å². The first-order valence-electron chi connectivity index (χ1n) is 4.97. The summed E-state index contributed by atoms with van der Waals surface area (Å²) in [7, 11) is 0. The minimum absolute atomic E-state index is 0.119. The van der Waals surface area contributed by atoms with Crippen molar-refractivity contribution in [2.45, 2.75) is 13.3 Å². The van der Waals surface area contributed by atoms with E-state index in [0.29, 0.717) is 5.69 Å².